The van der Waals surface area contributed by atoms with E-state index in [0.29, 0.717) is 0 Å². The Morgan fingerprint density at radius 3 is 2.62 bits per heavy atom. The second-order valence-corrected chi connectivity index (χ2v) is 4.63. The first-order valence-electron chi connectivity index (χ1n) is 4.60. The summed E-state index contributed by atoms with van der Waals surface area (Å²) in [5.41, 5.74) is 6.08. The van der Waals surface area contributed by atoms with Gasteiger partial charge in [-0.15, -0.1) is 0 Å². The minimum absolute atomic E-state index is 0.972. The lowest BCUT2D eigenvalue weighted by molar-refractivity contribution is 0.909. The molecule has 0 bridgehead atoms. The molecule has 0 amide bonds. The molecule has 1 aliphatic rings. The third-order valence-electron chi connectivity index (χ3n) is 2.67. The van der Waals surface area contributed by atoms with Crippen molar-refractivity contribution in [2.24, 2.45) is 0 Å². The van der Waals surface area contributed by atoms with Crippen molar-refractivity contribution >= 4 is 31.9 Å². The van der Waals surface area contributed by atoms with Gasteiger partial charge in [0, 0.05) is 10.7 Å². The zero-order valence-corrected chi connectivity index (χ0v) is 10.6. The summed E-state index contributed by atoms with van der Waals surface area (Å²) in [4.78, 5) is 0. The van der Waals surface area contributed by atoms with Crippen LogP contribution in [0.25, 0.3) is 0 Å². The molecule has 1 aromatic rings. The predicted octanol–water partition coefficient (Wildman–Crippen LogP) is 3.97. The molecule has 0 saturated carbocycles. The van der Waals surface area contributed by atoms with Crippen LogP contribution in [0, 0.1) is 0 Å². The Balaban J connectivity index is 2.49. The standard InChI is InChI=1S/C11H12Br2/c12-6-8-4-9-2-1-3-11(9)10(5-8)7-13/h4-5H,1-3,6-7H2. The average molecular weight is 304 g/mol. The van der Waals surface area contributed by atoms with Crippen LogP contribution >= 0.6 is 31.9 Å². The molecule has 0 nitrogen and oxygen atoms in total. The van der Waals surface area contributed by atoms with Gasteiger partial charge in [0.1, 0.15) is 0 Å². The quantitative estimate of drug-likeness (QED) is 0.725. The van der Waals surface area contributed by atoms with E-state index < -0.39 is 0 Å². The highest BCUT2D eigenvalue weighted by Gasteiger charge is 2.14. The van der Waals surface area contributed by atoms with Crippen LogP contribution in [-0.4, -0.2) is 0 Å². The van der Waals surface area contributed by atoms with Gasteiger partial charge in [0.05, 0.1) is 0 Å². The maximum absolute atomic E-state index is 3.56. The van der Waals surface area contributed by atoms with E-state index in [2.05, 4.69) is 44.0 Å². The van der Waals surface area contributed by atoms with Gasteiger partial charge in [0.15, 0.2) is 0 Å². The van der Waals surface area contributed by atoms with Crippen LogP contribution in [0.4, 0.5) is 0 Å². The molecule has 0 saturated heterocycles. The van der Waals surface area contributed by atoms with E-state index in [0.717, 1.165) is 10.7 Å². The number of fused-ring (bicyclic) bond motifs is 1. The first-order valence-corrected chi connectivity index (χ1v) is 6.85. The predicted molar refractivity (Wildman–Crippen MR) is 63.7 cm³/mol. The van der Waals surface area contributed by atoms with Crippen molar-refractivity contribution in [1.29, 1.82) is 0 Å². The van der Waals surface area contributed by atoms with Gasteiger partial charge in [0.2, 0.25) is 0 Å². The van der Waals surface area contributed by atoms with E-state index in [-0.39, 0.29) is 0 Å². The van der Waals surface area contributed by atoms with Crippen molar-refractivity contribution in [2.45, 2.75) is 29.9 Å². The Morgan fingerprint density at radius 1 is 1.08 bits per heavy atom. The maximum Gasteiger partial charge on any atom is 0.0285 e. The van der Waals surface area contributed by atoms with E-state index in [9.17, 15) is 0 Å². The lowest BCUT2D eigenvalue weighted by Crippen LogP contribution is -1.93. The number of halogens is 2. The molecule has 0 aromatic heterocycles. The van der Waals surface area contributed by atoms with Crippen molar-refractivity contribution in [3.63, 3.8) is 0 Å². The summed E-state index contributed by atoms with van der Waals surface area (Å²) in [6.07, 6.45) is 3.88. The fourth-order valence-electron chi connectivity index (χ4n) is 2.07. The van der Waals surface area contributed by atoms with Crippen LogP contribution in [0.1, 0.15) is 28.7 Å². The Hall–Kier alpha value is 0.180. The van der Waals surface area contributed by atoms with E-state index in [1.54, 1.807) is 11.1 Å². The van der Waals surface area contributed by atoms with Gasteiger partial charge >= 0.3 is 0 Å². The van der Waals surface area contributed by atoms with Crippen molar-refractivity contribution in [3.05, 3.63) is 34.4 Å². The second kappa shape index (κ2) is 4.14. The molecule has 13 heavy (non-hydrogen) atoms. The molecule has 0 spiro atoms. The van der Waals surface area contributed by atoms with Gasteiger partial charge in [-0.1, -0.05) is 44.0 Å². The number of alkyl halides is 2. The molecule has 0 N–H and O–H groups in total. The molecular weight excluding hydrogens is 292 g/mol. The van der Waals surface area contributed by atoms with Crippen molar-refractivity contribution < 1.29 is 0 Å². The van der Waals surface area contributed by atoms with Crippen LogP contribution in [0.2, 0.25) is 0 Å². The summed E-state index contributed by atoms with van der Waals surface area (Å²) < 4.78 is 0. The zero-order valence-electron chi connectivity index (χ0n) is 7.45. The second-order valence-electron chi connectivity index (χ2n) is 3.51. The van der Waals surface area contributed by atoms with E-state index in [1.165, 1.54) is 30.4 Å². The highest BCUT2D eigenvalue weighted by atomic mass is 79.9. The number of rotatable bonds is 2. The molecular formula is C11H12Br2. The highest BCUT2D eigenvalue weighted by molar-refractivity contribution is 9.08. The Bertz CT molecular complexity index is 318. The topological polar surface area (TPSA) is 0 Å². The van der Waals surface area contributed by atoms with E-state index >= 15 is 0 Å². The van der Waals surface area contributed by atoms with Crippen LogP contribution < -0.4 is 0 Å². The van der Waals surface area contributed by atoms with E-state index in [4.69, 9.17) is 0 Å². The summed E-state index contributed by atoms with van der Waals surface area (Å²) >= 11 is 7.07. The van der Waals surface area contributed by atoms with Gasteiger partial charge in [-0.05, 0) is 41.5 Å². The largest absolute Gasteiger partial charge is 0.0876 e. The van der Waals surface area contributed by atoms with Crippen LogP contribution in [-0.2, 0) is 23.5 Å². The highest BCUT2D eigenvalue weighted by Crippen LogP contribution is 2.29. The summed E-state index contributed by atoms with van der Waals surface area (Å²) in [7, 11) is 0. The minimum atomic E-state index is 0.972. The molecule has 0 heterocycles. The lowest BCUT2D eigenvalue weighted by atomic mass is 10.0. The van der Waals surface area contributed by atoms with Crippen LogP contribution in [0.3, 0.4) is 0 Å². The third-order valence-corrected chi connectivity index (χ3v) is 3.92. The third kappa shape index (κ3) is 1.84. The summed E-state index contributed by atoms with van der Waals surface area (Å²) in [6, 6.07) is 4.66. The number of benzene rings is 1. The molecule has 0 fully saturated rings. The van der Waals surface area contributed by atoms with E-state index in [1.807, 2.05) is 0 Å². The molecule has 2 rings (SSSR count). The molecule has 0 radical (unpaired) electrons. The number of hydrogen-bond acceptors (Lipinski definition) is 0. The summed E-state index contributed by atoms with van der Waals surface area (Å²) in [6.45, 7) is 0. The van der Waals surface area contributed by atoms with Crippen molar-refractivity contribution in [2.75, 3.05) is 0 Å². The smallest absolute Gasteiger partial charge is 0.0285 e. The Kier molecular flexibility index (Phi) is 3.10. The fourth-order valence-corrected chi connectivity index (χ4v) is 2.89. The number of hydrogen-bond donors (Lipinski definition) is 0. The van der Waals surface area contributed by atoms with Gasteiger partial charge in [-0.3, -0.25) is 0 Å². The van der Waals surface area contributed by atoms with Crippen LogP contribution in [0.15, 0.2) is 12.1 Å². The first kappa shape index (κ1) is 9.72. The van der Waals surface area contributed by atoms with Crippen molar-refractivity contribution in [3.8, 4) is 0 Å². The molecule has 0 unspecified atom stereocenters. The summed E-state index contributed by atoms with van der Waals surface area (Å²) in [5, 5.41) is 1.97. The summed E-state index contributed by atoms with van der Waals surface area (Å²) in [5.74, 6) is 0. The molecule has 1 aromatic carbocycles. The maximum atomic E-state index is 3.56. The molecule has 0 atom stereocenters. The molecule has 1 aliphatic carbocycles. The van der Waals surface area contributed by atoms with Gasteiger partial charge in [-0.25, -0.2) is 0 Å². The average Bonchev–Trinajstić information content (AvgIpc) is 2.63. The monoisotopic (exact) mass is 302 g/mol. The zero-order chi connectivity index (χ0) is 9.26. The van der Waals surface area contributed by atoms with Crippen molar-refractivity contribution in [1.82, 2.24) is 0 Å². The number of aryl methyl sites for hydroxylation is 1. The lowest BCUT2D eigenvalue weighted by Gasteiger charge is -2.08. The first-order chi connectivity index (χ1) is 6.35. The van der Waals surface area contributed by atoms with Crippen LogP contribution in [0.5, 0.6) is 0 Å². The van der Waals surface area contributed by atoms with Gasteiger partial charge in [0.25, 0.3) is 0 Å². The SMILES string of the molecule is BrCc1cc(CBr)c2c(c1)CCC2. The fraction of sp³-hybridized carbons (Fsp3) is 0.455. The normalized spacial score (nSPS) is 14.6. The molecule has 70 valence electrons. The minimum Gasteiger partial charge on any atom is -0.0876 e. The Morgan fingerprint density at radius 2 is 1.92 bits per heavy atom. The van der Waals surface area contributed by atoms with Gasteiger partial charge < -0.3 is 0 Å². The van der Waals surface area contributed by atoms with Gasteiger partial charge in [-0.2, -0.15) is 0 Å². The molecule has 0 aliphatic heterocycles. The molecule has 2 heteroatoms. The Labute approximate surface area is 96.0 Å².